The van der Waals surface area contributed by atoms with Crippen LogP contribution in [0.25, 0.3) is 11.3 Å². The second kappa shape index (κ2) is 11.5. The number of ether oxygens (including phenoxy) is 2. The van der Waals surface area contributed by atoms with Crippen LogP contribution < -0.4 is 9.47 Å². The Bertz CT molecular complexity index is 992. The van der Waals surface area contributed by atoms with Crippen LogP contribution in [0.4, 0.5) is 0 Å². The first-order valence-electron chi connectivity index (χ1n) is 11.9. The maximum absolute atomic E-state index is 10.9. The lowest BCUT2D eigenvalue weighted by Gasteiger charge is -2.28. The molecule has 0 radical (unpaired) electrons. The minimum Gasteiger partial charge on any atom is -0.494 e. The highest BCUT2D eigenvalue weighted by Gasteiger charge is 2.24. The van der Waals surface area contributed by atoms with E-state index in [2.05, 4.69) is 34.5 Å². The van der Waals surface area contributed by atoms with Crippen LogP contribution in [0.3, 0.4) is 0 Å². The van der Waals surface area contributed by atoms with Gasteiger partial charge in [0.25, 0.3) is 0 Å². The van der Waals surface area contributed by atoms with E-state index in [1.165, 1.54) is 5.56 Å². The Kier molecular flexibility index (Phi) is 8.01. The average molecular weight is 449 g/mol. The van der Waals surface area contributed by atoms with Gasteiger partial charge in [0.2, 0.25) is 5.88 Å². The molecule has 6 nitrogen and oxygen atoms in total. The van der Waals surface area contributed by atoms with Crippen LogP contribution in [0.15, 0.2) is 60.7 Å². The van der Waals surface area contributed by atoms with Gasteiger partial charge in [-0.15, -0.1) is 5.10 Å². The normalized spacial score (nSPS) is 18.1. The first-order valence-corrected chi connectivity index (χ1v) is 11.9. The number of H-pyrrole nitrogens is 1. The highest BCUT2D eigenvalue weighted by atomic mass is 16.5. The van der Waals surface area contributed by atoms with Crippen molar-refractivity contribution in [2.45, 2.75) is 50.9 Å². The number of benzene rings is 2. The number of nitrogens with zero attached hydrogens (tertiary/aromatic N) is 1. The molecule has 3 aromatic rings. The summed E-state index contributed by atoms with van der Waals surface area (Å²) in [6.45, 7) is 1.28. The standard InChI is InChI=1S/C27H32N2O4/c30-27(31)18-20-8-10-21(11-9-20)22-12-14-23(15-13-22)25-19-26(29-28-25)33-17-5-4-16-32-24-6-2-1-3-7-24/h1-3,6-7,12-15,19-21H,4-5,8-11,16-18H2,(H,28,29)(H,30,31). The molecule has 0 atom stereocenters. The topological polar surface area (TPSA) is 84.4 Å². The SMILES string of the molecule is O=C(O)CC1CCC(c2ccc(-c3cc(OCCCCOc4ccccc4)n[nH]3)cc2)CC1. The summed E-state index contributed by atoms with van der Waals surface area (Å²) in [7, 11) is 0. The third-order valence-corrected chi connectivity index (χ3v) is 6.36. The predicted octanol–water partition coefficient (Wildman–Crippen LogP) is 6.06. The number of aromatic nitrogens is 2. The number of nitrogens with one attached hydrogen (secondary N) is 1. The number of unbranched alkanes of at least 4 members (excludes halogenated alkanes) is 1. The van der Waals surface area contributed by atoms with Crippen molar-refractivity contribution >= 4 is 5.97 Å². The molecule has 0 unspecified atom stereocenters. The Hall–Kier alpha value is -3.28. The molecule has 2 N–H and O–H groups in total. The number of rotatable bonds is 11. The summed E-state index contributed by atoms with van der Waals surface area (Å²) in [6, 6.07) is 20.4. The summed E-state index contributed by atoms with van der Waals surface area (Å²) in [5.74, 6) is 1.68. The van der Waals surface area contributed by atoms with E-state index in [9.17, 15) is 4.79 Å². The van der Waals surface area contributed by atoms with Crippen LogP contribution in [-0.4, -0.2) is 34.5 Å². The average Bonchev–Trinajstić information content (AvgIpc) is 3.31. The van der Waals surface area contributed by atoms with Crippen molar-refractivity contribution in [2.24, 2.45) is 5.92 Å². The molecule has 4 rings (SSSR count). The Balaban J connectivity index is 1.19. The molecular formula is C27H32N2O4. The van der Waals surface area contributed by atoms with Crippen LogP contribution in [0.1, 0.15) is 56.4 Å². The molecule has 1 aromatic heterocycles. The van der Waals surface area contributed by atoms with E-state index in [-0.39, 0.29) is 0 Å². The van der Waals surface area contributed by atoms with Gasteiger partial charge in [-0.05, 0) is 73.6 Å². The number of aromatic amines is 1. The Morgan fingerprint density at radius 2 is 1.64 bits per heavy atom. The maximum Gasteiger partial charge on any atom is 0.303 e. The zero-order valence-corrected chi connectivity index (χ0v) is 18.9. The maximum atomic E-state index is 10.9. The van der Waals surface area contributed by atoms with Crippen molar-refractivity contribution in [3.05, 3.63) is 66.2 Å². The van der Waals surface area contributed by atoms with Gasteiger partial charge in [0, 0.05) is 12.5 Å². The summed E-state index contributed by atoms with van der Waals surface area (Å²) in [6.07, 6.45) is 6.25. The van der Waals surface area contributed by atoms with Crippen molar-refractivity contribution in [1.29, 1.82) is 0 Å². The number of carbonyl (C=O) groups is 1. The summed E-state index contributed by atoms with van der Waals surface area (Å²) in [5, 5.41) is 16.3. The third-order valence-electron chi connectivity index (χ3n) is 6.36. The number of hydrogen-bond donors (Lipinski definition) is 2. The van der Waals surface area contributed by atoms with Gasteiger partial charge in [-0.3, -0.25) is 9.89 Å². The molecule has 2 aromatic carbocycles. The van der Waals surface area contributed by atoms with Crippen LogP contribution >= 0.6 is 0 Å². The van der Waals surface area contributed by atoms with Gasteiger partial charge in [-0.25, -0.2) is 0 Å². The fraction of sp³-hybridized carbons (Fsp3) is 0.407. The van der Waals surface area contributed by atoms with E-state index in [1.54, 1.807) is 0 Å². The molecular weight excluding hydrogens is 416 g/mol. The number of carboxylic acids is 1. The van der Waals surface area contributed by atoms with E-state index in [4.69, 9.17) is 14.6 Å². The molecule has 0 saturated heterocycles. The number of hydrogen-bond acceptors (Lipinski definition) is 4. The van der Waals surface area contributed by atoms with Gasteiger partial charge >= 0.3 is 5.97 Å². The van der Waals surface area contributed by atoms with Gasteiger partial charge in [0.1, 0.15) is 5.75 Å². The fourth-order valence-corrected chi connectivity index (χ4v) is 4.49. The Morgan fingerprint density at radius 3 is 2.33 bits per heavy atom. The zero-order valence-electron chi connectivity index (χ0n) is 18.9. The molecule has 1 fully saturated rings. The highest BCUT2D eigenvalue weighted by molar-refractivity contribution is 5.67. The molecule has 0 amide bonds. The van der Waals surface area contributed by atoms with Crippen molar-refractivity contribution < 1.29 is 19.4 Å². The van der Waals surface area contributed by atoms with Crippen LogP contribution in [0, 0.1) is 5.92 Å². The molecule has 0 spiro atoms. The van der Waals surface area contributed by atoms with Gasteiger partial charge in [-0.1, -0.05) is 42.5 Å². The van der Waals surface area contributed by atoms with Gasteiger partial charge in [0.05, 0.1) is 18.9 Å². The molecule has 1 saturated carbocycles. The molecule has 1 aliphatic rings. The minimum absolute atomic E-state index is 0.303. The van der Waals surface area contributed by atoms with E-state index in [0.29, 0.717) is 37.4 Å². The van der Waals surface area contributed by atoms with Crippen LogP contribution in [0.5, 0.6) is 11.6 Å². The largest absolute Gasteiger partial charge is 0.494 e. The second-order valence-corrected chi connectivity index (χ2v) is 8.77. The lowest BCUT2D eigenvalue weighted by molar-refractivity contribution is -0.138. The third kappa shape index (κ3) is 6.85. The molecule has 1 aliphatic carbocycles. The van der Waals surface area contributed by atoms with E-state index in [1.807, 2.05) is 36.4 Å². The number of carboxylic acid groups (broad SMARTS) is 1. The molecule has 174 valence electrons. The van der Waals surface area contributed by atoms with Gasteiger partial charge in [0.15, 0.2) is 0 Å². The zero-order chi connectivity index (χ0) is 22.9. The monoisotopic (exact) mass is 448 g/mol. The quantitative estimate of drug-likeness (QED) is 0.348. The predicted molar refractivity (Wildman–Crippen MR) is 128 cm³/mol. The lowest BCUT2D eigenvalue weighted by atomic mass is 9.77. The Labute approximate surface area is 194 Å². The van der Waals surface area contributed by atoms with Gasteiger partial charge < -0.3 is 14.6 Å². The smallest absolute Gasteiger partial charge is 0.303 e. The fourth-order valence-electron chi connectivity index (χ4n) is 4.49. The van der Waals surface area contributed by atoms with Crippen LogP contribution in [0.2, 0.25) is 0 Å². The summed E-state index contributed by atoms with van der Waals surface area (Å²) in [5.41, 5.74) is 3.35. The number of para-hydroxylation sites is 1. The first kappa shape index (κ1) is 22.9. The molecule has 0 aliphatic heterocycles. The van der Waals surface area contributed by atoms with E-state index >= 15 is 0 Å². The van der Waals surface area contributed by atoms with E-state index < -0.39 is 5.97 Å². The molecule has 33 heavy (non-hydrogen) atoms. The molecule has 6 heteroatoms. The van der Waals surface area contributed by atoms with Gasteiger partial charge in [-0.2, -0.15) is 0 Å². The van der Waals surface area contributed by atoms with Crippen LogP contribution in [-0.2, 0) is 4.79 Å². The lowest BCUT2D eigenvalue weighted by Crippen LogP contribution is -2.16. The first-order chi connectivity index (χ1) is 16.2. The molecule has 0 bridgehead atoms. The minimum atomic E-state index is -0.678. The van der Waals surface area contributed by atoms with Crippen molar-refractivity contribution in [1.82, 2.24) is 10.2 Å². The summed E-state index contributed by atoms with van der Waals surface area (Å²) < 4.78 is 11.5. The van der Waals surface area contributed by atoms with E-state index in [0.717, 1.165) is 55.5 Å². The van der Waals surface area contributed by atoms with Crippen molar-refractivity contribution in [3.63, 3.8) is 0 Å². The molecule has 1 heterocycles. The number of aliphatic carboxylic acids is 1. The Morgan fingerprint density at radius 1 is 0.939 bits per heavy atom. The van der Waals surface area contributed by atoms with Crippen molar-refractivity contribution in [3.8, 4) is 22.9 Å². The summed E-state index contributed by atoms with van der Waals surface area (Å²) in [4.78, 5) is 10.9. The second-order valence-electron chi connectivity index (χ2n) is 8.77. The highest BCUT2D eigenvalue weighted by Crippen LogP contribution is 2.37. The van der Waals surface area contributed by atoms with Crippen molar-refractivity contribution in [2.75, 3.05) is 13.2 Å². The summed E-state index contributed by atoms with van der Waals surface area (Å²) >= 11 is 0.